The van der Waals surface area contributed by atoms with E-state index in [0.717, 1.165) is 4.47 Å². The topological polar surface area (TPSA) is 109 Å². The van der Waals surface area contributed by atoms with E-state index >= 15 is 0 Å². The highest BCUT2D eigenvalue weighted by molar-refractivity contribution is 9.10. The van der Waals surface area contributed by atoms with Crippen LogP contribution in [0.3, 0.4) is 0 Å². The molecule has 2 aromatic rings. The molecule has 1 aromatic carbocycles. The van der Waals surface area contributed by atoms with Crippen LogP contribution in [0.15, 0.2) is 33.5 Å². The number of nitrogen functional groups attached to an aromatic ring is 1. The third kappa shape index (κ3) is 3.00. The summed E-state index contributed by atoms with van der Waals surface area (Å²) in [6.07, 6.45) is -0.451. The van der Waals surface area contributed by atoms with Crippen molar-refractivity contribution >= 4 is 27.7 Å². The molecule has 19 heavy (non-hydrogen) atoms. The van der Waals surface area contributed by atoms with Crippen molar-refractivity contribution in [3.63, 3.8) is 0 Å². The number of rotatable bonds is 3. The number of carboxylic acids is 1. The van der Waals surface area contributed by atoms with E-state index < -0.39 is 17.9 Å². The third-order valence-electron chi connectivity index (χ3n) is 2.47. The van der Waals surface area contributed by atoms with Gasteiger partial charge in [0.25, 0.3) is 5.56 Å². The number of H-pyrrole nitrogens is 1. The summed E-state index contributed by atoms with van der Waals surface area (Å²) in [5.74, 6) is -0.895. The molecule has 0 radical (unpaired) electrons. The summed E-state index contributed by atoms with van der Waals surface area (Å²) in [6.45, 7) is 0. The second kappa shape index (κ2) is 5.23. The first kappa shape index (κ1) is 13.3. The molecule has 6 nitrogen and oxygen atoms in total. The highest BCUT2D eigenvalue weighted by atomic mass is 79.9. The van der Waals surface area contributed by atoms with Gasteiger partial charge in [0.15, 0.2) is 0 Å². The zero-order valence-electron chi connectivity index (χ0n) is 9.68. The number of nitrogens with one attached hydrogen (secondary N) is 1. The molecule has 2 rings (SSSR count). The average Bonchev–Trinajstić information content (AvgIpc) is 2.33. The highest BCUT2D eigenvalue weighted by Gasteiger charge is 2.13. The number of carboxylic acid groups (broad SMARTS) is 1. The number of aromatic amines is 1. The molecule has 0 atom stereocenters. The maximum absolute atomic E-state index is 11.8. The Morgan fingerprint density at radius 2 is 2.21 bits per heavy atom. The fraction of sp³-hybridized carbons (Fsp3) is 0.0833. The lowest BCUT2D eigenvalue weighted by Gasteiger charge is -2.06. The standard InChI is InChI=1S/C12H10BrN3O3/c13-7-3-1-2-6(4-7)11-15-10(14)8(5-9(17)18)12(19)16-11/h1-4H,5H2,(H,17,18)(H3,14,15,16,19). The van der Waals surface area contributed by atoms with Crippen molar-refractivity contribution in [3.8, 4) is 11.4 Å². The Labute approximate surface area is 116 Å². The largest absolute Gasteiger partial charge is 0.481 e. The minimum absolute atomic E-state index is 0.0359. The summed E-state index contributed by atoms with van der Waals surface area (Å²) in [5, 5.41) is 8.70. The number of benzene rings is 1. The molecule has 98 valence electrons. The number of nitrogens with zero attached hydrogens (tertiary/aromatic N) is 1. The van der Waals surface area contributed by atoms with E-state index in [9.17, 15) is 9.59 Å². The van der Waals surface area contributed by atoms with Gasteiger partial charge >= 0.3 is 5.97 Å². The Kier molecular flexibility index (Phi) is 3.66. The van der Waals surface area contributed by atoms with Gasteiger partial charge in [0, 0.05) is 10.0 Å². The van der Waals surface area contributed by atoms with Crippen molar-refractivity contribution in [1.82, 2.24) is 9.97 Å². The molecule has 1 aromatic heterocycles. The minimum atomic E-state index is -1.13. The summed E-state index contributed by atoms with van der Waals surface area (Å²) < 4.78 is 0.834. The fourth-order valence-corrected chi connectivity index (χ4v) is 2.01. The van der Waals surface area contributed by atoms with Crippen LogP contribution in [0.1, 0.15) is 5.56 Å². The molecule has 0 bridgehead atoms. The average molecular weight is 324 g/mol. The van der Waals surface area contributed by atoms with E-state index in [1.165, 1.54) is 0 Å². The molecule has 4 N–H and O–H groups in total. The molecule has 0 saturated heterocycles. The molecular formula is C12H10BrN3O3. The maximum Gasteiger partial charge on any atom is 0.308 e. The first-order chi connectivity index (χ1) is 8.97. The van der Waals surface area contributed by atoms with Crippen molar-refractivity contribution < 1.29 is 9.90 Å². The van der Waals surface area contributed by atoms with Crippen LogP contribution in [-0.4, -0.2) is 21.0 Å². The zero-order valence-corrected chi connectivity index (χ0v) is 11.3. The number of carbonyl (C=O) groups is 1. The zero-order chi connectivity index (χ0) is 14.0. The second-order valence-corrected chi connectivity index (χ2v) is 4.77. The first-order valence-corrected chi connectivity index (χ1v) is 6.13. The maximum atomic E-state index is 11.8. The number of halogens is 1. The van der Waals surface area contributed by atoms with E-state index in [2.05, 4.69) is 25.9 Å². The quantitative estimate of drug-likeness (QED) is 0.791. The number of anilines is 1. The van der Waals surface area contributed by atoms with Crippen molar-refractivity contribution in [2.45, 2.75) is 6.42 Å². The van der Waals surface area contributed by atoms with Crippen LogP contribution in [0.5, 0.6) is 0 Å². The van der Waals surface area contributed by atoms with E-state index in [4.69, 9.17) is 10.8 Å². The number of hydrogen-bond acceptors (Lipinski definition) is 4. The summed E-state index contributed by atoms with van der Waals surface area (Å²) in [7, 11) is 0. The van der Waals surface area contributed by atoms with Gasteiger partial charge in [-0.3, -0.25) is 9.59 Å². The Hall–Kier alpha value is -2.15. The van der Waals surface area contributed by atoms with E-state index in [1.807, 2.05) is 6.07 Å². The van der Waals surface area contributed by atoms with Crippen molar-refractivity contribution in [2.75, 3.05) is 5.73 Å². The van der Waals surface area contributed by atoms with Crippen LogP contribution >= 0.6 is 15.9 Å². The lowest BCUT2D eigenvalue weighted by molar-refractivity contribution is -0.136. The molecule has 0 fully saturated rings. The van der Waals surface area contributed by atoms with Gasteiger partial charge in [-0.05, 0) is 12.1 Å². The number of aromatic nitrogens is 2. The fourth-order valence-electron chi connectivity index (χ4n) is 1.61. The SMILES string of the molecule is Nc1nc(-c2cccc(Br)c2)[nH]c(=O)c1CC(=O)O. The van der Waals surface area contributed by atoms with E-state index in [1.54, 1.807) is 18.2 Å². The molecule has 0 spiro atoms. The minimum Gasteiger partial charge on any atom is -0.481 e. The molecule has 0 saturated carbocycles. The predicted molar refractivity (Wildman–Crippen MR) is 73.7 cm³/mol. The molecule has 0 aliphatic heterocycles. The molecule has 0 aliphatic carbocycles. The van der Waals surface area contributed by atoms with Gasteiger partial charge in [-0.2, -0.15) is 0 Å². The van der Waals surface area contributed by atoms with Crippen LogP contribution in [0.25, 0.3) is 11.4 Å². The lowest BCUT2D eigenvalue weighted by Crippen LogP contribution is -2.21. The Bertz CT molecular complexity index is 697. The van der Waals surface area contributed by atoms with Gasteiger partial charge in [-0.15, -0.1) is 0 Å². The van der Waals surface area contributed by atoms with E-state index in [0.29, 0.717) is 11.4 Å². The molecule has 0 unspecified atom stereocenters. The predicted octanol–water partition coefficient (Wildman–Crippen LogP) is 1.41. The van der Waals surface area contributed by atoms with Crippen molar-refractivity contribution in [1.29, 1.82) is 0 Å². The van der Waals surface area contributed by atoms with Gasteiger partial charge in [0.05, 0.1) is 12.0 Å². The Balaban J connectivity index is 2.51. The normalized spacial score (nSPS) is 10.4. The summed E-state index contributed by atoms with van der Waals surface area (Å²) >= 11 is 3.31. The number of nitrogens with two attached hydrogens (primary N) is 1. The van der Waals surface area contributed by atoms with Gasteiger partial charge in [-0.1, -0.05) is 28.1 Å². The van der Waals surface area contributed by atoms with E-state index in [-0.39, 0.29) is 11.4 Å². The van der Waals surface area contributed by atoms with Gasteiger partial charge in [-0.25, -0.2) is 4.98 Å². The Morgan fingerprint density at radius 3 is 2.79 bits per heavy atom. The van der Waals surface area contributed by atoms with Crippen LogP contribution in [0.2, 0.25) is 0 Å². The number of hydrogen-bond donors (Lipinski definition) is 3. The van der Waals surface area contributed by atoms with Gasteiger partial charge < -0.3 is 15.8 Å². The highest BCUT2D eigenvalue weighted by Crippen LogP contribution is 2.20. The molecule has 0 amide bonds. The van der Waals surface area contributed by atoms with Crippen LogP contribution in [0.4, 0.5) is 5.82 Å². The smallest absolute Gasteiger partial charge is 0.308 e. The van der Waals surface area contributed by atoms with Gasteiger partial charge in [0.1, 0.15) is 11.6 Å². The number of aliphatic carboxylic acids is 1. The van der Waals surface area contributed by atoms with Crippen LogP contribution in [0, 0.1) is 0 Å². The first-order valence-electron chi connectivity index (χ1n) is 5.34. The Morgan fingerprint density at radius 1 is 1.47 bits per heavy atom. The lowest BCUT2D eigenvalue weighted by atomic mass is 10.2. The molecule has 1 heterocycles. The second-order valence-electron chi connectivity index (χ2n) is 3.86. The van der Waals surface area contributed by atoms with Gasteiger partial charge in [0.2, 0.25) is 0 Å². The summed E-state index contributed by atoms with van der Waals surface area (Å²) in [5.41, 5.74) is 5.75. The van der Waals surface area contributed by atoms with Crippen LogP contribution < -0.4 is 11.3 Å². The summed E-state index contributed by atoms with van der Waals surface area (Å²) in [6, 6.07) is 7.17. The molecular weight excluding hydrogens is 314 g/mol. The van der Waals surface area contributed by atoms with Crippen molar-refractivity contribution in [3.05, 3.63) is 44.7 Å². The van der Waals surface area contributed by atoms with Crippen molar-refractivity contribution in [2.24, 2.45) is 0 Å². The van der Waals surface area contributed by atoms with Crippen LogP contribution in [-0.2, 0) is 11.2 Å². The summed E-state index contributed by atoms with van der Waals surface area (Å²) in [4.78, 5) is 29.0. The monoisotopic (exact) mass is 323 g/mol. The molecule has 7 heteroatoms. The molecule has 0 aliphatic rings. The third-order valence-corrected chi connectivity index (χ3v) is 2.97.